The van der Waals surface area contributed by atoms with Gasteiger partial charge in [-0.1, -0.05) is 31.4 Å². The Bertz CT molecular complexity index is 915. The van der Waals surface area contributed by atoms with Crippen molar-refractivity contribution in [1.82, 2.24) is 14.8 Å². The minimum absolute atomic E-state index is 0.216. The largest absolute Gasteiger partial charge is 0.491 e. The molecule has 140 valence electrons. The summed E-state index contributed by atoms with van der Waals surface area (Å²) in [6.45, 7) is 1.49. The van der Waals surface area contributed by atoms with Gasteiger partial charge in [-0.15, -0.1) is 0 Å². The van der Waals surface area contributed by atoms with E-state index >= 15 is 0 Å². The van der Waals surface area contributed by atoms with Crippen molar-refractivity contribution in [1.29, 1.82) is 0 Å². The number of hydrogen-bond donors (Lipinski definition) is 1. The normalized spacial score (nSPS) is 15.8. The number of para-hydroxylation sites is 2. The third-order valence-electron chi connectivity index (χ3n) is 4.54. The first-order valence-corrected chi connectivity index (χ1v) is 9.31. The Morgan fingerprint density at radius 3 is 2.89 bits per heavy atom. The Balaban J connectivity index is 1.59. The minimum Gasteiger partial charge on any atom is -0.491 e. The summed E-state index contributed by atoms with van der Waals surface area (Å²) in [6.07, 6.45) is 10.5. The monoisotopic (exact) mass is 366 g/mol. The fourth-order valence-corrected chi connectivity index (χ4v) is 3.08. The van der Waals surface area contributed by atoms with E-state index in [-0.39, 0.29) is 11.6 Å². The molecule has 0 aliphatic carbocycles. The fraction of sp³-hybridized carbons (Fsp3) is 0.350. The van der Waals surface area contributed by atoms with E-state index in [4.69, 9.17) is 9.15 Å². The second kappa shape index (κ2) is 8.07. The zero-order valence-corrected chi connectivity index (χ0v) is 15.1. The van der Waals surface area contributed by atoms with Gasteiger partial charge in [-0.05, 0) is 25.0 Å². The third-order valence-corrected chi connectivity index (χ3v) is 4.54. The van der Waals surface area contributed by atoms with Crippen molar-refractivity contribution in [2.75, 3.05) is 11.9 Å². The van der Waals surface area contributed by atoms with Crippen molar-refractivity contribution < 1.29 is 13.9 Å². The molecule has 7 heteroatoms. The summed E-state index contributed by atoms with van der Waals surface area (Å²) in [6, 6.07) is 7.42. The zero-order valence-electron chi connectivity index (χ0n) is 15.1. The van der Waals surface area contributed by atoms with Crippen LogP contribution in [0.4, 0.5) is 5.69 Å². The van der Waals surface area contributed by atoms with Crippen LogP contribution in [0.25, 0.3) is 11.5 Å². The van der Waals surface area contributed by atoms with Gasteiger partial charge in [0.25, 0.3) is 5.91 Å². The number of hydrogen-bond acceptors (Lipinski definition) is 5. The van der Waals surface area contributed by atoms with Gasteiger partial charge in [0, 0.05) is 12.7 Å². The zero-order chi connectivity index (χ0) is 18.5. The minimum atomic E-state index is -0.338. The highest BCUT2D eigenvalue weighted by molar-refractivity contribution is 6.03. The van der Waals surface area contributed by atoms with Crippen LogP contribution in [0, 0.1) is 0 Å². The lowest BCUT2D eigenvalue weighted by Crippen LogP contribution is -2.13. The van der Waals surface area contributed by atoms with E-state index in [1.165, 1.54) is 12.7 Å². The molecule has 0 spiro atoms. The predicted octanol–water partition coefficient (Wildman–Crippen LogP) is 4.13. The van der Waals surface area contributed by atoms with Crippen molar-refractivity contribution in [3.05, 3.63) is 48.6 Å². The van der Waals surface area contributed by atoms with Gasteiger partial charge >= 0.3 is 0 Å². The first-order chi connectivity index (χ1) is 13.3. The molecule has 2 aromatic heterocycles. The number of oxazole rings is 1. The van der Waals surface area contributed by atoms with E-state index in [1.807, 2.05) is 35.1 Å². The quantitative estimate of drug-likeness (QED) is 0.647. The number of fused-ring (bicyclic) bond motifs is 6. The number of rotatable bonds is 0. The molecule has 1 aromatic carbocycles. The number of benzene rings is 1. The van der Waals surface area contributed by atoms with Crippen LogP contribution in [0.2, 0.25) is 0 Å². The number of amides is 1. The first-order valence-electron chi connectivity index (χ1n) is 9.31. The number of nitrogens with zero attached hydrogens (tertiary/aromatic N) is 3. The first kappa shape index (κ1) is 17.3. The average Bonchev–Trinajstić information content (AvgIpc) is 3.34. The SMILES string of the molecule is O=C1Nc2ccccc2OCCCCCCCn2cc(cn2)-c2nc1co2. The molecule has 7 nitrogen and oxygen atoms in total. The van der Waals surface area contributed by atoms with Gasteiger partial charge in [0.05, 0.1) is 24.1 Å². The van der Waals surface area contributed by atoms with E-state index in [0.717, 1.165) is 37.8 Å². The molecule has 3 heterocycles. The summed E-state index contributed by atoms with van der Waals surface area (Å²) >= 11 is 0. The highest BCUT2D eigenvalue weighted by atomic mass is 16.5. The lowest BCUT2D eigenvalue weighted by atomic mass is 10.1. The summed E-state index contributed by atoms with van der Waals surface area (Å²) in [5.74, 6) is 0.712. The number of ether oxygens (including phenoxy) is 1. The molecule has 0 radical (unpaired) electrons. The Hall–Kier alpha value is -3.09. The van der Waals surface area contributed by atoms with Crippen LogP contribution in [-0.2, 0) is 6.54 Å². The number of anilines is 1. The molecule has 1 N–H and O–H groups in total. The molecule has 0 unspecified atom stereocenters. The number of aryl methyl sites for hydroxylation is 1. The molecule has 4 bridgehead atoms. The fourth-order valence-electron chi connectivity index (χ4n) is 3.08. The van der Waals surface area contributed by atoms with E-state index in [0.29, 0.717) is 23.9 Å². The van der Waals surface area contributed by atoms with Crippen molar-refractivity contribution >= 4 is 11.6 Å². The van der Waals surface area contributed by atoms with E-state index in [2.05, 4.69) is 15.4 Å². The van der Waals surface area contributed by atoms with Gasteiger partial charge in [0.1, 0.15) is 12.0 Å². The van der Waals surface area contributed by atoms with Gasteiger partial charge in [-0.2, -0.15) is 5.10 Å². The summed E-state index contributed by atoms with van der Waals surface area (Å²) in [5, 5.41) is 7.21. The standard InChI is InChI=1S/C20H22N4O3/c25-19-17-14-27-20(23-17)15-12-21-24(13-15)10-6-2-1-3-7-11-26-18-9-5-4-8-16(18)22-19/h4-5,8-9,12-14H,1-3,6-7,10-11H2,(H,22,25). The molecule has 27 heavy (non-hydrogen) atoms. The predicted molar refractivity (Wildman–Crippen MR) is 101 cm³/mol. The summed E-state index contributed by atoms with van der Waals surface area (Å²) in [4.78, 5) is 16.8. The molecule has 0 fully saturated rings. The lowest BCUT2D eigenvalue weighted by molar-refractivity contribution is 0.102. The van der Waals surface area contributed by atoms with Gasteiger partial charge in [-0.3, -0.25) is 9.48 Å². The topological polar surface area (TPSA) is 82.2 Å². The molecule has 0 atom stereocenters. The van der Waals surface area contributed by atoms with Crippen LogP contribution in [0.15, 0.2) is 47.3 Å². The van der Waals surface area contributed by atoms with Crippen molar-refractivity contribution in [3.8, 4) is 17.2 Å². The van der Waals surface area contributed by atoms with Crippen LogP contribution >= 0.6 is 0 Å². The Morgan fingerprint density at radius 2 is 1.93 bits per heavy atom. The van der Waals surface area contributed by atoms with E-state index < -0.39 is 0 Å². The van der Waals surface area contributed by atoms with Crippen molar-refractivity contribution in [2.24, 2.45) is 0 Å². The molecule has 1 aliphatic rings. The number of nitrogens with one attached hydrogen (secondary N) is 1. The van der Waals surface area contributed by atoms with Gasteiger partial charge in [-0.25, -0.2) is 4.98 Å². The van der Waals surface area contributed by atoms with Crippen molar-refractivity contribution in [3.63, 3.8) is 0 Å². The highest BCUT2D eigenvalue weighted by Gasteiger charge is 2.16. The van der Waals surface area contributed by atoms with E-state index in [1.54, 1.807) is 6.20 Å². The van der Waals surface area contributed by atoms with Gasteiger partial charge < -0.3 is 14.5 Å². The van der Waals surface area contributed by atoms with Crippen LogP contribution in [-0.4, -0.2) is 27.3 Å². The number of aromatic nitrogens is 3. The van der Waals surface area contributed by atoms with Crippen LogP contribution < -0.4 is 10.1 Å². The Morgan fingerprint density at radius 1 is 1.07 bits per heavy atom. The number of carbonyl (C=O) groups excluding carboxylic acids is 1. The van der Waals surface area contributed by atoms with Crippen LogP contribution in [0.1, 0.15) is 42.6 Å². The van der Waals surface area contributed by atoms with Crippen molar-refractivity contribution in [2.45, 2.75) is 38.6 Å². The summed E-state index contributed by atoms with van der Waals surface area (Å²) < 4.78 is 13.2. The molecule has 4 rings (SSSR count). The Kier molecular flexibility index (Phi) is 5.18. The molecule has 0 saturated heterocycles. The van der Waals surface area contributed by atoms with E-state index in [9.17, 15) is 4.79 Å². The molecular weight excluding hydrogens is 344 g/mol. The molecule has 1 aliphatic heterocycles. The smallest absolute Gasteiger partial charge is 0.277 e. The lowest BCUT2D eigenvalue weighted by Gasteiger charge is -2.12. The maximum absolute atomic E-state index is 12.5. The molecular formula is C20H22N4O3. The van der Waals surface area contributed by atoms with Crippen LogP contribution in [0.5, 0.6) is 5.75 Å². The number of carbonyl (C=O) groups is 1. The second-order valence-corrected chi connectivity index (χ2v) is 6.60. The highest BCUT2D eigenvalue weighted by Crippen LogP contribution is 2.25. The third kappa shape index (κ3) is 4.19. The maximum atomic E-state index is 12.5. The average molecular weight is 366 g/mol. The molecule has 3 aromatic rings. The second-order valence-electron chi connectivity index (χ2n) is 6.60. The summed E-state index contributed by atoms with van der Waals surface area (Å²) in [7, 11) is 0. The molecule has 0 saturated carbocycles. The maximum Gasteiger partial charge on any atom is 0.277 e. The van der Waals surface area contributed by atoms with Crippen LogP contribution in [0.3, 0.4) is 0 Å². The van der Waals surface area contributed by atoms with Gasteiger partial charge in [0.15, 0.2) is 5.69 Å². The van der Waals surface area contributed by atoms with Gasteiger partial charge in [0.2, 0.25) is 5.89 Å². The molecule has 1 amide bonds. The Labute approximate surface area is 157 Å². The summed E-state index contributed by atoms with van der Waals surface area (Å²) in [5.41, 5.74) is 1.61.